The standard InChI is InChI=1S/C13H10FNO4/c14-9-3-1-2-8(6-9)10-7-11(16)15(13(10)19)5-4-12(17)18/h1-3,6-7H,4-5H2,(H,17,18). The molecule has 0 fully saturated rings. The largest absolute Gasteiger partial charge is 0.481 e. The van der Waals surface area contributed by atoms with Crippen LogP contribution in [0.4, 0.5) is 4.39 Å². The van der Waals surface area contributed by atoms with Gasteiger partial charge in [0.15, 0.2) is 0 Å². The number of hydrogen-bond acceptors (Lipinski definition) is 3. The zero-order valence-corrected chi connectivity index (χ0v) is 9.80. The van der Waals surface area contributed by atoms with E-state index in [9.17, 15) is 18.8 Å². The Morgan fingerprint density at radius 2 is 2.05 bits per heavy atom. The summed E-state index contributed by atoms with van der Waals surface area (Å²) in [5, 5.41) is 8.55. The maximum atomic E-state index is 13.1. The highest BCUT2D eigenvalue weighted by Gasteiger charge is 2.31. The Balaban J connectivity index is 2.21. The van der Waals surface area contributed by atoms with Crippen LogP contribution in [0, 0.1) is 5.82 Å². The molecular formula is C13H10FNO4. The molecule has 0 spiro atoms. The van der Waals surface area contributed by atoms with Crippen LogP contribution < -0.4 is 0 Å². The van der Waals surface area contributed by atoms with Crippen molar-refractivity contribution in [3.63, 3.8) is 0 Å². The third-order valence-corrected chi connectivity index (χ3v) is 2.69. The first-order valence-electron chi connectivity index (χ1n) is 5.54. The second-order valence-corrected chi connectivity index (χ2v) is 4.01. The molecule has 0 aliphatic carbocycles. The van der Waals surface area contributed by atoms with Gasteiger partial charge in [0.2, 0.25) is 0 Å². The first kappa shape index (κ1) is 12.9. The van der Waals surface area contributed by atoms with Gasteiger partial charge in [-0.2, -0.15) is 0 Å². The summed E-state index contributed by atoms with van der Waals surface area (Å²) in [5.74, 6) is -2.79. The van der Waals surface area contributed by atoms with Crippen molar-refractivity contribution in [3.8, 4) is 0 Å². The van der Waals surface area contributed by atoms with E-state index in [2.05, 4.69) is 0 Å². The molecule has 6 heteroatoms. The monoisotopic (exact) mass is 263 g/mol. The van der Waals surface area contributed by atoms with Crippen molar-refractivity contribution < 1.29 is 23.9 Å². The number of carboxylic acids is 1. The normalized spacial score (nSPS) is 14.8. The van der Waals surface area contributed by atoms with Crippen LogP contribution in [0.2, 0.25) is 0 Å². The van der Waals surface area contributed by atoms with Crippen molar-refractivity contribution in [3.05, 3.63) is 41.7 Å². The molecule has 1 aliphatic rings. The molecular weight excluding hydrogens is 253 g/mol. The van der Waals surface area contributed by atoms with Gasteiger partial charge in [0, 0.05) is 12.6 Å². The number of carbonyl (C=O) groups is 3. The molecule has 0 atom stereocenters. The topological polar surface area (TPSA) is 74.7 Å². The molecule has 0 radical (unpaired) electrons. The van der Waals surface area contributed by atoms with Crippen LogP contribution in [0.5, 0.6) is 0 Å². The van der Waals surface area contributed by atoms with E-state index in [0.717, 1.165) is 17.0 Å². The molecule has 1 heterocycles. The minimum atomic E-state index is -1.10. The molecule has 1 N–H and O–H groups in total. The number of benzene rings is 1. The van der Waals surface area contributed by atoms with Crippen molar-refractivity contribution in [2.45, 2.75) is 6.42 Å². The summed E-state index contributed by atoms with van der Waals surface area (Å²) in [4.78, 5) is 34.9. The average Bonchev–Trinajstić information content (AvgIpc) is 2.62. The van der Waals surface area contributed by atoms with Gasteiger partial charge < -0.3 is 5.11 Å². The zero-order valence-electron chi connectivity index (χ0n) is 9.80. The highest BCUT2D eigenvalue weighted by atomic mass is 19.1. The van der Waals surface area contributed by atoms with Crippen molar-refractivity contribution in [2.24, 2.45) is 0 Å². The van der Waals surface area contributed by atoms with Gasteiger partial charge in [0.05, 0.1) is 12.0 Å². The summed E-state index contributed by atoms with van der Waals surface area (Å²) in [6, 6.07) is 5.33. The van der Waals surface area contributed by atoms with Gasteiger partial charge >= 0.3 is 5.97 Å². The van der Waals surface area contributed by atoms with Gasteiger partial charge in [-0.15, -0.1) is 0 Å². The fourth-order valence-corrected chi connectivity index (χ4v) is 1.79. The lowest BCUT2D eigenvalue weighted by Gasteiger charge is -2.13. The van der Waals surface area contributed by atoms with Crippen molar-refractivity contribution in [2.75, 3.05) is 6.54 Å². The smallest absolute Gasteiger partial charge is 0.305 e. The Morgan fingerprint density at radius 3 is 2.68 bits per heavy atom. The van der Waals surface area contributed by atoms with Gasteiger partial charge in [-0.3, -0.25) is 19.3 Å². The van der Waals surface area contributed by atoms with Crippen LogP contribution >= 0.6 is 0 Å². The number of hydrogen-bond donors (Lipinski definition) is 1. The number of rotatable bonds is 4. The van der Waals surface area contributed by atoms with Gasteiger partial charge in [0.1, 0.15) is 5.82 Å². The van der Waals surface area contributed by atoms with Crippen LogP contribution in [0.15, 0.2) is 30.3 Å². The predicted molar refractivity (Wildman–Crippen MR) is 63.3 cm³/mol. The number of nitrogens with zero attached hydrogens (tertiary/aromatic N) is 1. The van der Waals surface area contributed by atoms with Gasteiger partial charge in [-0.25, -0.2) is 4.39 Å². The summed E-state index contributed by atoms with van der Waals surface area (Å²) >= 11 is 0. The summed E-state index contributed by atoms with van der Waals surface area (Å²) in [5.41, 5.74) is 0.381. The van der Waals surface area contributed by atoms with E-state index in [0.29, 0.717) is 5.56 Å². The summed E-state index contributed by atoms with van der Waals surface area (Å²) in [6.07, 6.45) is 0.778. The zero-order chi connectivity index (χ0) is 14.0. The Labute approximate surface area is 107 Å². The maximum absolute atomic E-state index is 13.1. The highest BCUT2D eigenvalue weighted by molar-refractivity contribution is 6.33. The van der Waals surface area contributed by atoms with Crippen LogP contribution in [0.25, 0.3) is 5.57 Å². The van der Waals surface area contributed by atoms with E-state index in [-0.39, 0.29) is 18.5 Å². The predicted octanol–water partition coefficient (Wildman–Crippen LogP) is 1.05. The van der Waals surface area contributed by atoms with E-state index < -0.39 is 23.6 Å². The van der Waals surface area contributed by atoms with Crippen LogP contribution in [-0.4, -0.2) is 34.3 Å². The fourth-order valence-electron chi connectivity index (χ4n) is 1.79. The number of halogens is 1. The fraction of sp³-hybridized carbons (Fsp3) is 0.154. The molecule has 0 bridgehead atoms. The van der Waals surface area contributed by atoms with Crippen LogP contribution in [-0.2, 0) is 14.4 Å². The van der Waals surface area contributed by atoms with E-state index in [1.54, 1.807) is 0 Å². The van der Waals surface area contributed by atoms with Crippen molar-refractivity contribution in [1.29, 1.82) is 0 Å². The minimum absolute atomic E-state index is 0.0786. The highest BCUT2D eigenvalue weighted by Crippen LogP contribution is 2.24. The number of carbonyl (C=O) groups excluding carboxylic acids is 2. The second-order valence-electron chi connectivity index (χ2n) is 4.01. The third kappa shape index (κ3) is 2.67. The molecule has 2 rings (SSSR count). The molecule has 1 aliphatic heterocycles. The third-order valence-electron chi connectivity index (χ3n) is 2.69. The number of carboxylic acid groups (broad SMARTS) is 1. The average molecular weight is 263 g/mol. The molecule has 0 aromatic heterocycles. The lowest BCUT2D eigenvalue weighted by molar-refractivity contribution is -0.139. The molecule has 0 saturated carbocycles. The van der Waals surface area contributed by atoms with E-state index in [4.69, 9.17) is 5.11 Å². The Hall–Kier alpha value is -2.50. The Bertz CT molecular complexity index is 594. The summed E-state index contributed by atoms with van der Waals surface area (Å²) in [7, 11) is 0. The van der Waals surface area contributed by atoms with Crippen molar-refractivity contribution >= 4 is 23.4 Å². The Morgan fingerprint density at radius 1 is 1.32 bits per heavy atom. The summed E-state index contributed by atoms with van der Waals surface area (Å²) < 4.78 is 13.1. The summed E-state index contributed by atoms with van der Waals surface area (Å²) in [6.45, 7) is -0.192. The molecule has 1 aromatic carbocycles. The van der Waals surface area contributed by atoms with Gasteiger partial charge in [-0.05, 0) is 17.7 Å². The van der Waals surface area contributed by atoms with E-state index >= 15 is 0 Å². The Kier molecular flexibility index (Phi) is 3.41. The van der Waals surface area contributed by atoms with Crippen LogP contribution in [0.3, 0.4) is 0 Å². The first-order chi connectivity index (χ1) is 8.99. The molecule has 98 valence electrons. The minimum Gasteiger partial charge on any atom is -0.481 e. The molecule has 0 saturated heterocycles. The molecule has 0 unspecified atom stereocenters. The van der Waals surface area contributed by atoms with Crippen LogP contribution in [0.1, 0.15) is 12.0 Å². The quantitative estimate of drug-likeness (QED) is 0.824. The first-order valence-corrected chi connectivity index (χ1v) is 5.54. The maximum Gasteiger partial charge on any atom is 0.305 e. The number of imide groups is 1. The molecule has 19 heavy (non-hydrogen) atoms. The number of aliphatic carboxylic acids is 1. The van der Waals surface area contributed by atoms with E-state index in [1.165, 1.54) is 18.2 Å². The molecule has 5 nitrogen and oxygen atoms in total. The van der Waals surface area contributed by atoms with E-state index in [1.807, 2.05) is 0 Å². The second kappa shape index (κ2) is 5.01. The van der Waals surface area contributed by atoms with Crippen molar-refractivity contribution in [1.82, 2.24) is 4.90 Å². The lowest BCUT2D eigenvalue weighted by Crippen LogP contribution is -2.32. The SMILES string of the molecule is O=C(O)CCN1C(=O)C=C(c2cccc(F)c2)C1=O. The lowest BCUT2D eigenvalue weighted by atomic mass is 10.1. The van der Waals surface area contributed by atoms with Gasteiger partial charge in [-0.1, -0.05) is 12.1 Å². The molecule has 2 amide bonds. The number of amides is 2. The molecule has 1 aromatic rings. The van der Waals surface area contributed by atoms with Gasteiger partial charge in [0.25, 0.3) is 11.8 Å².